The Bertz CT molecular complexity index is 681. The second kappa shape index (κ2) is 6.03. The van der Waals surface area contributed by atoms with Gasteiger partial charge in [-0.2, -0.15) is 5.26 Å². The minimum absolute atomic E-state index is 0.381. The molecule has 20 heavy (non-hydrogen) atoms. The van der Waals surface area contributed by atoms with E-state index in [2.05, 4.69) is 18.3 Å². The predicted octanol–water partition coefficient (Wildman–Crippen LogP) is 3.87. The lowest BCUT2D eigenvalue weighted by atomic mass is 10.0. The standard InChI is InChI=1S/C17H17N3/c1-3-13-6-4-5-7-16(13)17(19)20-15-9-8-14(11-18)12(2)10-15/h4-10H,3H2,1-2H3,(H2,19,20). The second-order valence-electron chi connectivity index (χ2n) is 4.65. The van der Waals surface area contributed by atoms with Crippen molar-refractivity contribution < 1.29 is 0 Å². The van der Waals surface area contributed by atoms with Gasteiger partial charge in [-0.15, -0.1) is 0 Å². The maximum absolute atomic E-state index is 8.92. The number of rotatable bonds is 3. The molecule has 0 atom stereocenters. The molecule has 0 aliphatic rings. The van der Waals surface area contributed by atoms with Crippen molar-refractivity contribution in [3.63, 3.8) is 0 Å². The van der Waals surface area contributed by atoms with E-state index >= 15 is 0 Å². The van der Waals surface area contributed by atoms with Crippen LogP contribution in [0.25, 0.3) is 0 Å². The second-order valence-corrected chi connectivity index (χ2v) is 4.65. The summed E-state index contributed by atoms with van der Waals surface area (Å²) in [6.45, 7) is 3.98. The number of nitrogens with zero attached hydrogens (tertiary/aromatic N) is 1. The third kappa shape index (κ3) is 2.86. The summed E-state index contributed by atoms with van der Waals surface area (Å²) in [5, 5.41) is 20.2. The van der Waals surface area contributed by atoms with Gasteiger partial charge in [0.15, 0.2) is 0 Å². The summed E-state index contributed by atoms with van der Waals surface area (Å²) in [5.41, 5.74) is 4.47. The first-order valence-electron chi connectivity index (χ1n) is 6.60. The number of hydrogen-bond acceptors (Lipinski definition) is 2. The highest BCUT2D eigenvalue weighted by atomic mass is 14.9. The zero-order valence-electron chi connectivity index (χ0n) is 11.7. The third-order valence-electron chi connectivity index (χ3n) is 3.28. The molecule has 2 N–H and O–H groups in total. The fourth-order valence-corrected chi connectivity index (χ4v) is 2.15. The van der Waals surface area contributed by atoms with Gasteiger partial charge in [0.2, 0.25) is 0 Å². The van der Waals surface area contributed by atoms with Crippen molar-refractivity contribution in [3.05, 3.63) is 64.7 Å². The molecular formula is C17H17N3. The molecule has 0 bridgehead atoms. The molecule has 0 unspecified atom stereocenters. The molecule has 2 aromatic carbocycles. The van der Waals surface area contributed by atoms with Gasteiger partial charge in [0, 0.05) is 11.3 Å². The molecule has 0 aromatic heterocycles. The lowest BCUT2D eigenvalue weighted by Gasteiger charge is -2.12. The molecule has 0 aliphatic heterocycles. The van der Waals surface area contributed by atoms with Crippen LogP contribution in [0, 0.1) is 23.7 Å². The highest BCUT2D eigenvalue weighted by molar-refractivity contribution is 6.07. The summed E-state index contributed by atoms with van der Waals surface area (Å²) in [4.78, 5) is 0. The first-order chi connectivity index (χ1) is 9.65. The minimum atomic E-state index is 0.381. The average Bonchev–Trinajstić information content (AvgIpc) is 2.47. The smallest absolute Gasteiger partial charge is 0.130 e. The first kappa shape index (κ1) is 13.8. The molecule has 0 amide bonds. The Morgan fingerprint density at radius 2 is 2.00 bits per heavy atom. The Hall–Kier alpha value is -2.60. The quantitative estimate of drug-likeness (QED) is 0.652. The Balaban J connectivity index is 2.24. The molecule has 0 heterocycles. The lowest BCUT2D eigenvalue weighted by molar-refractivity contribution is 1.13. The van der Waals surface area contributed by atoms with Gasteiger partial charge >= 0.3 is 0 Å². The largest absolute Gasteiger partial charge is 0.340 e. The van der Waals surface area contributed by atoms with Crippen LogP contribution >= 0.6 is 0 Å². The molecule has 0 aliphatic carbocycles. The van der Waals surface area contributed by atoms with Crippen LogP contribution in [0.3, 0.4) is 0 Å². The van der Waals surface area contributed by atoms with Crippen molar-refractivity contribution in [2.45, 2.75) is 20.3 Å². The monoisotopic (exact) mass is 263 g/mol. The fraction of sp³-hybridized carbons (Fsp3) is 0.176. The van der Waals surface area contributed by atoms with Crippen LogP contribution in [0.1, 0.15) is 29.2 Å². The van der Waals surface area contributed by atoms with Crippen molar-refractivity contribution in [3.8, 4) is 6.07 Å². The highest BCUT2D eigenvalue weighted by Crippen LogP contribution is 2.17. The third-order valence-corrected chi connectivity index (χ3v) is 3.28. The van der Waals surface area contributed by atoms with Gasteiger partial charge in [-0.25, -0.2) is 0 Å². The van der Waals surface area contributed by atoms with Crippen LogP contribution in [-0.4, -0.2) is 5.84 Å². The SMILES string of the molecule is CCc1ccccc1C(=N)Nc1ccc(C#N)c(C)c1. The normalized spacial score (nSPS) is 9.85. The molecule has 2 rings (SSSR count). The van der Waals surface area contributed by atoms with E-state index in [9.17, 15) is 0 Å². The van der Waals surface area contributed by atoms with Gasteiger partial charge in [-0.3, -0.25) is 5.41 Å². The van der Waals surface area contributed by atoms with Crippen LogP contribution in [-0.2, 0) is 6.42 Å². The van der Waals surface area contributed by atoms with Gasteiger partial charge in [0.1, 0.15) is 5.84 Å². The van der Waals surface area contributed by atoms with E-state index in [1.54, 1.807) is 6.07 Å². The van der Waals surface area contributed by atoms with Crippen molar-refractivity contribution in [1.29, 1.82) is 10.7 Å². The molecule has 0 saturated heterocycles. The van der Waals surface area contributed by atoms with E-state index in [1.165, 1.54) is 0 Å². The molecule has 3 nitrogen and oxygen atoms in total. The number of aryl methyl sites for hydroxylation is 2. The number of anilines is 1. The molecule has 0 fully saturated rings. The summed E-state index contributed by atoms with van der Waals surface area (Å²) in [6, 6.07) is 15.6. The van der Waals surface area contributed by atoms with Crippen LogP contribution in [0.4, 0.5) is 5.69 Å². The van der Waals surface area contributed by atoms with E-state index in [4.69, 9.17) is 10.7 Å². The zero-order chi connectivity index (χ0) is 14.5. The molecule has 0 saturated carbocycles. The number of hydrogen-bond donors (Lipinski definition) is 2. The first-order valence-corrected chi connectivity index (χ1v) is 6.60. The maximum Gasteiger partial charge on any atom is 0.130 e. The summed E-state index contributed by atoms with van der Waals surface area (Å²) in [6.07, 6.45) is 0.895. The van der Waals surface area contributed by atoms with E-state index in [0.29, 0.717) is 11.4 Å². The Morgan fingerprint density at radius 3 is 2.65 bits per heavy atom. The average molecular weight is 263 g/mol. The molecule has 100 valence electrons. The van der Waals surface area contributed by atoms with Crippen LogP contribution < -0.4 is 5.32 Å². The molecular weight excluding hydrogens is 246 g/mol. The van der Waals surface area contributed by atoms with Crippen LogP contribution in [0.2, 0.25) is 0 Å². The Morgan fingerprint density at radius 1 is 1.25 bits per heavy atom. The molecule has 2 aromatic rings. The summed E-state index contributed by atoms with van der Waals surface area (Å²) >= 11 is 0. The maximum atomic E-state index is 8.92. The van der Waals surface area contributed by atoms with E-state index < -0.39 is 0 Å². The van der Waals surface area contributed by atoms with Gasteiger partial charge in [-0.1, -0.05) is 31.2 Å². The number of amidine groups is 1. The lowest BCUT2D eigenvalue weighted by Crippen LogP contribution is -2.14. The Kier molecular flexibility index (Phi) is 4.17. The number of nitrogens with one attached hydrogen (secondary N) is 2. The summed E-state index contributed by atoms with van der Waals surface area (Å²) in [7, 11) is 0. The minimum Gasteiger partial charge on any atom is -0.340 e. The number of nitriles is 1. The van der Waals surface area contributed by atoms with Crippen molar-refractivity contribution in [1.82, 2.24) is 0 Å². The Labute approximate surface area is 119 Å². The van der Waals surface area contributed by atoms with Crippen molar-refractivity contribution in [2.75, 3.05) is 5.32 Å². The van der Waals surface area contributed by atoms with Gasteiger partial charge in [0.05, 0.1) is 11.6 Å². The molecule has 0 radical (unpaired) electrons. The van der Waals surface area contributed by atoms with Gasteiger partial charge in [0.25, 0.3) is 0 Å². The van der Waals surface area contributed by atoms with E-state index in [1.807, 2.05) is 43.3 Å². The van der Waals surface area contributed by atoms with Gasteiger partial charge in [-0.05, 0) is 42.7 Å². The van der Waals surface area contributed by atoms with Crippen LogP contribution in [0.15, 0.2) is 42.5 Å². The van der Waals surface area contributed by atoms with E-state index in [-0.39, 0.29) is 0 Å². The molecule has 3 heteroatoms. The van der Waals surface area contributed by atoms with Crippen molar-refractivity contribution in [2.24, 2.45) is 0 Å². The highest BCUT2D eigenvalue weighted by Gasteiger charge is 2.07. The summed E-state index contributed by atoms with van der Waals surface area (Å²) < 4.78 is 0. The number of benzene rings is 2. The molecule has 0 spiro atoms. The predicted molar refractivity (Wildman–Crippen MR) is 82.2 cm³/mol. The summed E-state index contributed by atoms with van der Waals surface area (Å²) in [5.74, 6) is 0.381. The van der Waals surface area contributed by atoms with E-state index in [0.717, 1.165) is 28.8 Å². The fourth-order valence-electron chi connectivity index (χ4n) is 2.15. The topological polar surface area (TPSA) is 59.7 Å². The zero-order valence-corrected chi connectivity index (χ0v) is 11.7. The van der Waals surface area contributed by atoms with Crippen molar-refractivity contribution >= 4 is 11.5 Å². The van der Waals surface area contributed by atoms with Crippen LogP contribution in [0.5, 0.6) is 0 Å². The van der Waals surface area contributed by atoms with Gasteiger partial charge < -0.3 is 5.32 Å².